The maximum atomic E-state index is 11.2. The number of hydrogen-bond acceptors (Lipinski definition) is 3. The van der Waals surface area contributed by atoms with Crippen molar-refractivity contribution in [3.05, 3.63) is 46.8 Å². The first-order valence-corrected chi connectivity index (χ1v) is 7.21. The molecule has 1 unspecified atom stereocenters. The van der Waals surface area contributed by atoms with E-state index < -0.39 is 5.97 Å². The van der Waals surface area contributed by atoms with Crippen molar-refractivity contribution in [2.24, 2.45) is 5.92 Å². The van der Waals surface area contributed by atoms with Gasteiger partial charge in [-0.3, -0.25) is 4.79 Å². The summed E-state index contributed by atoms with van der Waals surface area (Å²) in [5.74, 6) is -0.285. The van der Waals surface area contributed by atoms with Crippen LogP contribution in [-0.4, -0.2) is 21.0 Å². The fourth-order valence-electron chi connectivity index (χ4n) is 2.83. The molecule has 2 aromatic rings. The second-order valence-electron chi connectivity index (χ2n) is 5.70. The molecule has 1 heterocycles. The number of fused-ring (bicyclic) bond motifs is 1. The summed E-state index contributed by atoms with van der Waals surface area (Å²) >= 11 is 0. The van der Waals surface area contributed by atoms with E-state index >= 15 is 0 Å². The van der Waals surface area contributed by atoms with E-state index in [4.69, 9.17) is 0 Å². The van der Waals surface area contributed by atoms with Crippen LogP contribution in [0.4, 0.5) is 0 Å². The van der Waals surface area contributed by atoms with E-state index in [0.717, 1.165) is 28.3 Å². The summed E-state index contributed by atoms with van der Waals surface area (Å²) in [5, 5.41) is 9.17. The summed E-state index contributed by atoms with van der Waals surface area (Å²) in [6.45, 7) is 4.00. The average Bonchev–Trinajstić information content (AvgIpc) is 2.47. The van der Waals surface area contributed by atoms with E-state index in [0.29, 0.717) is 19.3 Å². The smallest absolute Gasteiger partial charge is 0.306 e. The van der Waals surface area contributed by atoms with Gasteiger partial charge in [0, 0.05) is 17.0 Å². The lowest BCUT2D eigenvalue weighted by Gasteiger charge is -2.22. The van der Waals surface area contributed by atoms with E-state index in [1.807, 2.05) is 31.2 Å². The minimum atomic E-state index is -0.720. The highest BCUT2D eigenvalue weighted by atomic mass is 16.4. The summed E-state index contributed by atoms with van der Waals surface area (Å²) in [5.41, 5.74) is 5.14. The number of carboxylic acids is 1. The molecule has 3 rings (SSSR count). The molecule has 1 N–H and O–H groups in total. The van der Waals surface area contributed by atoms with Crippen molar-refractivity contribution in [1.82, 2.24) is 9.97 Å². The highest BCUT2D eigenvalue weighted by molar-refractivity contribution is 5.71. The normalized spacial score (nSPS) is 17.3. The van der Waals surface area contributed by atoms with Gasteiger partial charge in [-0.25, -0.2) is 9.97 Å². The van der Waals surface area contributed by atoms with E-state index in [1.54, 1.807) is 0 Å². The van der Waals surface area contributed by atoms with Crippen molar-refractivity contribution in [1.29, 1.82) is 0 Å². The molecular weight excluding hydrogens is 264 g/mol. The Morgan fingerprint density at radius 3 is 2.57 bits per heavy atom. The zero-order valence-corrected chi connectivity index (χ0v) is 12.3. The van der Waals surface area contributed by atoms with Gasteiger partial charge in [-0.15, -0.1) is 0 Å². The first-order chi connectivity index (χ1) is 10.0. The van der Waals surface area contributed by atoms with Crippen molar-refractivity contribution in [2.75, 3.05) is 0 Å². The molecule has 1 aromatic heterocycles. The van der Waals surface area contributed by atoms with Gasteiger partial charge in [-0.1, -0.05) is 29.8 Å². The molecule has 0 fully saturated rings. The number of nitrogens with zero attached hydrogens (tertiary/aromatic N) is 2. The standard InChI is InChI=1S/C17H18N2O2/c1-10-3-5-12(6-4-10)16-18-11(2)14-9-13(17(20)21)7-8-15(14)19-16/h3-6,13H,7-9H2,1-2H3,(H,20,21). The molecule has 0 saturated heterocycles. The Labute approximate surface area is 123 Å². The lowest BCUT2D eigenvalue weighted by molar-refractivity contribution is -0.142. The molecule has 1 aromatic carbocycles. The molecule has 4 nitrogen and oxygen atoms in total. The second kappa shape index (κ2) is 5.28. The number of aromatic nitrogens is 2. The fourth-order valence-corrected chi connectivity index (χ4v) is 2.83. The van der Waals surface area contributed by atoms with Crippen LogP contribution in [0.3, 0.4) is 0 Å². The van der Waals surface area contributed by atoms with Crippen LogP contribution in [0.1, 0.15) is 28.9 Å². The Bertz CT molecular complexity index is 693. The number of carboxylic acid groups (broad SMARTS) is 1. The largest absolute Gasteiger partial charge is 0.481 e. The van der Waals surface area contributed by atoms with Gasteiger partial charge in [0.25, 0.3) is 0 Å². The third kappa shape index (κ3) is 2.66. The lowest BCUT2D eigenvalue weighted by Crippen LogP contribution is -2.24. The van der Waals surface area contributed by atoms with Crippen molar-refractivity contribution in [2.45, 2.75) is 33.1 Å². The Morgan fingerprint density at radius 1 is 1.19 bits per heavy atom. The fraction of sp³-hybridized carbons (Fsp3) is 0.353. The first-order valence-electron chi connectivity index (χ1n) is 7.21. The maximum absolute atomic E-state index is 11.2. The number of aliphatic carboxylic acids is 1. The Kier molecular flexibility index (Phi) is 3.45. The second-order valence-corrected chi connectivity index (χ2v) is 5.70. The van der Waals surface area contributed by atoms with Crippen molar-refractivity contribution in [3.63, 3.8) is 0 Å². The maximum Gasteiger partial charge on any atom is 0.306 e. The third-order valence-corrected chi connectivity index (χ3v) is 4.14. The zero-order chi connectivity index (χ0) is 15.0. The molecule has 21 heavy (non-hydrogen) atoms. The molecule has 108 valence electrons. The molecule has 4 heteroatoms. The van der Waals surface area contributed by atoms with Crippen LogP contribution in [0, 0.1) is 19.8 Å². The highest BCUT2D eigenvalue weighted by Crippen LogP contribution is 2.28. The minimum absolute atomic E-state index is 0.301. The molecule has 0 spiro atoms. The van der Waals surface area contributed by atoms with Gasteiger partial charge in [0.2, 0.25) is 0 Å². The van der Waals surface area contributed by atoms with Crippen LogP contribution in [0.25, 0.3) is 11.4 Å². The molecule has 0 amide bonds. The predicted molar refractivity (Wildman–Crippen MR) is 80.1 cm³/mol. The van der Waals surface area contributed by atoms with Gasteiger partial charge in [0.1, 0.15) is 0 Å². The molecule has 0 aliphatic heterocycles. The third-order valence-electron chi connectivity index (χ3n) is 4.14. The van der Waals surface area contributed by atoms with E-state index in [-0.39, 0.29) is 5.92 Å². The number of benzene rings is 1. The summed E-state index contributed by atoms with van der Waals surface area (Å²) in [6.07, 6.45) is 1.92. The van der Waals surface area contributed by atoms with Crippen LogP contribution in [-0.2, 0) is 17.6 Å². The highest BCUT2D eigenvalue weighted by Gasteiger charge is 2.27. The van der Waals surface area contributed by atoms with Crippen molar-refractivity contribution in [3.8, 4) is 11.4 Å². The number of rotatable bonds is 2. The number of hydrogen-bond donors (Lipinski definition) is 1. The van der Waals surface area contributed by atoms with E-state index in [1.165, 1.54) is 5.56 Å². The predicted octanol–water partition coefficient (Wildman–Crippen LogP) is 2.95. The minimum Gasteiger partial charge on any atom is -0.481 e. The van der Waals surface area contributed by atoms with Gasteiger partial charge < -0.3 is 5.11 Å². The molecule has 0 saturated carbocycles. The Morgan fingerprint density at radius 2 is 1.90 bits per heavy atom. The lowest BCUT2D eigenvalue weighted by atomic mass is 9.86. The van der Waals surface area contributed by atoms with Gasteiger partial charge in [0.15, 0.2) is 5.82 Å². The summed E-state index contributed by atoms with van der Waals surface area (Å²) in [4.78, 5) is 20.4. The van der Waals surface area contributed by atoms with E-state index in [9.17, 15) is 9.90 Å². The Balaban J connectivity index is 1.99. The van der Waals surface area contributed by atoms with Crippen molar-refractivity contribution >= 4 is 5.97 Å². The van der Waals surface area contributed by atoms with Gasteiger partial charge in [0.05, 0.1) is 5.92 Å². The van der Waals surface area contributed by atoms with Crippen LogP contribution >= 0.6 is 0 Å². The first kappa shape index (κ1) is 13.7. The average molecular weight is 282 g/mol. The SMILES string of the molecule is Cc1ccc(-c2nc(C)c3c(n2)CCC(C(=O)O)C3)cc1. The van der Waals surface area contributed by atoms with Crippen LogP contribution in [0.2, 0.25) is 0 Å². The van der Waals surface area contributed by atoms with Gasteiger partial charge in [-0.2, -0.15) is 0 Å². The quantitative estimate of drug-likeness (QED) is 0.919. The molecule has 0 bridgehead atoms. The Hall–Kier alpha value is -2.23. The van der Waals surface area contributed by atoms with Gasteiger partial charge in [-0.05, 0) is 38.7 Å². The summed E-state index contributed by atoms with van der Waals surface area (Å²) in [6, 6.07) is 8.15. The summed E-state index contributed by atoms with van der Waals surface area (Å²) < 4.78 is 0. The monoisotopic (exact) mass is 282 g/mol. The van der Waals surface area contributed by atoms with Crippen molar-refractivity contribution < 1.29 is 9.90 Å². The van der Waals surface area contributed by atoms with Crippen LogP contribution < -0.4 is 0 Å². The molecule has 1 aliphatic rings. The molecule has 0 radical (unpaired) electrons. The molecular formula is C17H18N2O2. The number of aryl methyl sites for hydroxylation is 3. The molecule has 1 aliphatic carbocycles. The number of carbonyl (C=O) groups is 1. The zero-order valence-electron chi connectivity index (χ0n) is 12.3. The summed E-state index contributed by atoms with van der Waals surface area (Å²) in [7, 11) is 0. The van der Waals surface area contributed by atoms with E-state index in [2.05, 4.69) is 16.9 Å². The van der Waals surface area contributed by atoms with Gasteiger partial charge >= 0.3 is 5.97 Å². The van der Waals surface area contributed by atoms with Crippen LogP contribution in [0.5, 0.6) is 0 Å². The topological polar surface area (TPSA) is 63.1 Å². The molecule has 1 atom stereocenters. The van der Waals surface area contributed by atoms with Crippen LogP contribution in [0.15, 0.2) is 24.3 Å².